The van der Waals surface area contributed by atoms with E-state index in [0.29, 0.717) is 6.42 Å². The highest BCUT2D eigenvalue weighted by atomic mass is 16.2. The second-order valence-corrected chi connectivity index (χ2v) is 5.12. The number of rotatable bonds is 7. The van der Waals surface area contributed by atoms with Gasteiger partial charge in [0.15, 0.2) is 0 Å². The SMILES string of the molecule is NC(=O)[C@H](CCCc1ccccc1)NC(=O)C1CC1. The lowest BCUT2D eigenvalue weighted by atomic mass is 10.0. The third kappa shape index (κ3) is 4.39. The summed E-state index contributed by atoms with van der Waals surface area (Å²) in [5, 5.41) is 2.75. The monoisotopic (exact) mass is 260 g/mol. The first-order valence-electron chi connectivity index (χ1n) is 6.80. The highest BCUT2D eigenvalue weighted by Gasteiger charge is 2.31. The molecule has 4 nitrogen and oxygen atoms in total. The maximum absolute atomic E-state index is 11.6. The Morgan fingerprint density at radius 1 is 1.26 bits per heavy atom. The van der Waals surface area contributed by atoms with Crippen LogP contribution in [-0.2, 0) is 16.0 Å². The lowest BCUT2D eigenvalue weighted by molar-refractivity contribution is -0.128. The molecule has 1 aliphatic rings. The van der Waals surface area contributed by atoms with E-state index in [1.54, 1.807) is 0 Å². The fraction of sp³-hybridized carbons (Fsp3) is 0.467. The number of nitrogens with one attached hydrogen (secondary N) is 1. The van der Waals surface area contributed by atoms with Gasteiger partial charge in [0, 0.05) is 5.92 Å². The largest absolute Gasteiger partial charge is 0.368 e. The Kier molecular flexibility index (Phi) is 4.55. The fourth-order valence-corrected chi connectivity index (χ4v) is 2.08. The van der Waals surface area contributed by atoms with Crippen molar-refractivity contribution in [2.24, 2.45) is 11.7 Å². The van der Waals surface area contributed by atoms with Crippen molar-refractivity contribution in [3.63, 3.8) is 0 Å². The van der Waals surface area contributed by atoms with Gasteiger partial charge >= 0.3 is 0 Å². The molecule has 0 unspecified atom stereocenters. The van der Waals surface area contributed by atoms with E-state index in [1.165, 1.54) is 5.56 Å². The van der Waals surface area contributed by atoms with E-state index in [4.69, 9.17) is 5.73 Å². The van der Waals surface area contributed by atoms with Gasteiger partial charge < -0.3 is 11.1 Å². The third-order valence-corrected chi connectivity index (χ3v) is 3.41. The molecule has 1 aliphatic carbocycles. The molecule has 0 radical (unpaired) electrons. The Labute approximate surface area is 113 Å². The topological polar surface area (TPSA) is 72.2 Å². The van der Waals surface area contributed by atoms with Crippen molar-refractivity contribution < 1.29 is 9.59 Å². The third-order valence-electron chi connectivity index (χ3n) is 3.41. The minimum atomic E-state index is -0.531. The number of carbonyl (C=O) groups is 2. The van der Waals surface area contributed by atoms with Gasteiger partial charge in [-0.25, -0.2) is 0 Å². The second kappa shape index (κ2) is 6.36. The van der Waals surface area contributed by atoms with Crippen LogP contribution in [0.25, 0.3) is 0 Å². The van der Waals surface area contributed by atoms with Crippen LogP contribution >= 0.6 is 0 Å². The number of nitrogens with two attached hydrogens (primary N) is 1. The summed E-state index contributed by atoms with van der Waals surface area (Å²) in [7, 11) is 0. The number of aryl methyl sites for hydroxylation is 1. The molecule has 0 aliphatic heterocycles. The zero-order valence-corrected chi connectivity index (χ0v) is 11.0. The highest BCUT2D eigenvalue weighted by Crippen LogP contribution is 2.29. The zero-order chi connectivity index (χ0) is 13.7. The summed E-state index contributed by atoms with van der Waals surface area (Å²) in [6.07, 6.45) is 4.19. The average molecular weight is 260 g/mol. The molecular formula is C15H20N2O2. The van der Waals surface area contributed by atoms with Crippen LogP contribution in [0.2, 0.25) is 0 Å². The predicted molar refractivity (Wildman–Crippen MR) is 73.2 cm³/mol. The molecule has 3 N–H and O–H groups in total. The van der Waals surface area contributed by atoms with E-state index in [2.05, 4.69) is 17.4 Å². The van der Waals surface area contributed by atoms with Crippen molar-refractivity contribution in [1.29, 1.82) is 0 Å². The van der Waals surface area contributed by atoms with Crippen molar-refractivity contribution in [1.82, 2.24) is 5.32 Å². The van der Waals surface area contributed by atoms with Gasteiger partial charge in [0.05, 0.1) is 0 Å². The van der Waals surface area contributed by atoms with Crippen LogP contribution in [0.4, 0.5) is 0 Å². The van der Waals surface area contributed by atoms with Crippen molar-refractivity contribution in [2.75, 3.05) is 0 Å². The maximum atomic E-state index is 11.6. The summed E-state index contributed by atoms with van der Waals surface area (Å²) < 4.78 is 0. The van der Waals surface area contributed by atoms with Crippen LogP contribution in [0.15, 0.2) is 30.3 Å². The molecular weight excluding hydrogens is 240 g/mol. The first-order chi connectivity index (χ1) is 9.16. The molecule has 0 bridgehead atoms. The molecule has 2 rings (SSSR count). The van der Waals surface area contributed by atoms with Gasteiger partial charge in [-0.3, -0.25) is 9.59 Å². The van der Waals surface area contributed by atoms with E-state index < -0.39 is 11.9 Å². The highest BCUT2D eigenvalue weighted by molar-refractivity contribution is 5.88. The average Bonchev–Trinajstić information content (AvgIpc) is 3.22. The Bertz CT molecular complexity index is 441. The van der Waals surface area contributed by atoms with Crippen LogP contribution in [-0.4, -0.2) is 17.9 Å². The Balaban J connectivity index is 1.77. The van der Waals surface area contributed by atoms with Gasteiger partial charge in [0.25, 0.3) is 0 Å². The normalized spacial score (nSPS) is 15.8. The van der Waals surface area contributed by atoms with Crippen LogP contribution in [0.5, 0.6) is 0 Å². The summed E-state index contributed by atoms with van der Waals surface area (Å²) in [5.41, 5.74) is 6.57. The van der Waals surface area contributed by atoms with Gasteiger partial charge in [-0.05, 0) is 37.7 Å². The molecule has 0 saturated heterocycles. The minimum Gasteiger partial charge on any atom is -0.368 e. The van der Waals surface area contributed by atoms with Crippen LogP contribution < -0.4 is 11.1 Å². The fourth-order valence-electron chi connectivity index (χ4n) is 2.08. The number of amides is 2. The van der Waals surface area contributed by atoms with Gasteiger partial charge in [-0.1, -0.05) is 30.3 Å². The minimum absolute atomic E-state index is 0.0245. The molecule has 1 atom stereocenters. The predicted octanol–water partition coefficient (Wildman–Crippen LogP) is 1.39. The summed E-state index contributed by atoms with van der Waals surface area (Å²) >= 11 is 0. The van der Waals surface area contributed by atoms with Crippen molar-refractivity contribution in [3.8, 4) is 0 Å². The quantitative estimate of drug-likeness (QED) is 0.777. The summed E-state index contributed by atoms with van der Waals surface area (Å²) in [6.45, 7) is 0. The first kappa shape index (κ1) is 13.6. The first-order valence-corrected chi connectivity index (χ1v) is 6.80. The molecule has 1 aromatic carbocycles. The molecule has 0 heterocycles. The molecule has 0 aromatic heterocycles. The summed E-state index contributed by atoms with van der Waals surface area (Å²) in [5.74, 6) is -0.360. The standard InChI is InChI=1S/C15H20N2O2/c16-14(18)13(17-15(19)12-9-10-12)8-4-7-11-5-2-1-3-6-11/h1-3,5-6,12-13H,4,7-10H2,(H2,16,18)(H,17,19)/t13-/m0/s1. The molecule has 19 heavy (non-hydrogen) atoms. The van der Waals surface area contributed by atoms with Gasteiger partial charge in [0.2, 0.25) is 11.8 Å². The number of primary amides is 1. The van der Waals surface area contributed by atoms with Crippen molar-refractivity contribution in [3.05, 3.63) is 35.9 Å². The van der Waals surface area contributed by atoms with Crippen LogP contribution in [0.1, 0.15) is 31.2 Å². The molecule has 1 saturated carbocycles. The second-order valence-electron chi connectivity index (χ2n) is 5.12. The maximum Gasteiger partial charge on any atom is 0.239 e. The van der Waals surface area contributed by atoms with Gasteiger partial charge in [0.1, 0.15) is 6.04 Å². The van der Waals surface area contributed by atoms with E-state index in [0.717, 1.165) is 25.7 Å². The smallest absolute Gasteiger partial charge is 0.239 e. The van der Waals surface area contributed by atoms with E-state index in [9.17, 15) is 9.59 Å². The van der Waals surface area contributed by atoms with E-state index in [1.807, 2.05) is 18.2 Å². The van der Waals surface area contributed by atoms with Crippen LogP contribution in [0, 0.1) is 5.92 Å². The van der Waals surface area contributed by atoms with Crippen LogP contribution in [0.3, 0.4) is 0 Å². The number of hydrogen-bond acceptors (Lipinski definition) is 2. The molecule has 4 heteroatoms. The molecule has 1 fully saturated rings. The van der Waals surface area contributed by atoms with Crippen molar-refractivity contribution >= 4 is 11.8 Å². The van der Waals surface area contributed by atoms with Gasteiger partial charge in [-0.15, -0.1) is 0 Å². The molecule has 1 aromatic rings. The van der Waals surface area contributed by atoms with Gasteiger partial charge in [-0.2, -0.15) is 0 Å². The molecule has 0 spiro atoms. The number of carbonyl (C=O) groups excluding carboxylic acids is 2. The Morgan fingerprint density at radius 3 is 2.53 bits per heavy atom. The van der Waals surface area contributed by atoms with E-state index in [-0.39, 0.29) is 11.8 Å². The van der Waals surface area contributed by atoms with E-state index >= 15 is 0 Å². The lowest BCUT2D eigenvalue weighted by Crippen LogP contribution is -2.45. The number of hydrogen-bond donors (Lipinski definition) is 2. The summed E-state index contributed by atoms with van der Waals surface area (Å²) in [6, 6.07) is 9.55. The molecule has 102 valence electrons. The zero-order valence-electron chi connectivity index (χ0n) is 11.0. The Hall–Kier alpha value is -1.84. The number of benzene rings is 1. The summed E-state index contributed by atoms with van der Waals surface area (Å²) in [4.78, 5) is 23.0. The lowest BCUT2D eigenvalue weighted by Gasteiger charge is -2.15. The Morgan fingerprint density at radius 2 is 1.95 bits per heavy atom. The van der Waals surface area contributed by atoms with Crippen molar-refractivity contribution in [2.45, 2.75) is 38.1 Å². The molecule has 2 amide bonds.